The minimum Gasteiger partial charge on any atom is -0.411 e. The Morgan fingerprint density at radius 2 is 1.80 bits per heavy atom. The van der Waals surface area contributed by atoms with Crippen molar-refractivity contribution in [2.24, 2.45) is 5.16 Å². The SMILES string of the molecule is CCC(O)(c1cn(Cc2ccc3c(-c4ccc(F)cc4)cc(/C(C)=N/O)nc3c2)nn1)C(F)(F)F. The molecule has 2 aromatic heterocycles. The summed E-state index contributed by atoms with van der Waals surface area (Å²) >= 11 is 0. The third-order valence-corrected chi connectivity index (χ3v) is 5.84. The van der Waals surface area contributed by atoms with Crippen molar-refractivity contribution in [1.29, 1.82) is 0 Å². The maximum absolute atomic E-state index is 13.4. The van der Waals surface area contributed by atoms with Crippen LogP contribution in [-0.4, -0.2) is 42.2 Å². The number of benzene rings is 2. The monoisotopic (exact) mass is 487 g/mol. The van der Waals surface area contributed by atoms with Gasteiger partial charge < -0.3 is 10.3 Å². The molecule has 4 aromatic rings. The van der Waals surface area contributed by atoms with Gasteiger partial charge in [-0.1, -0.05) is 41.6 Å². The second-order valence-corrected chi connectivity index (χ2v) is 8.11. The Labute approximate surface area is 197 Å². The summed E-state index contributed by atoms with van der Waals surface area (Å²) in [5.41, 5.74) is -0.341. The van der Waals surface area contributed by atoms with Crippen molar-refractivity contribution in [3.05, 3.63) is 77.5 Å². The Morgan fingerprint density at radius 3 is 2.43 bits per heavy atom. The largest absolute Gasteiger partial charge is 0.423 e. The first kappa shape index (κ1) is 24.3. The predicted octanol–water partition coefficient (Wildman–Crippen LogP) is 5.04. The van der Waals surface area contributed by atoms with Gasteiger partial charge in [0.15, 0.2) is 0 Å². The van der Waals surface area contributed by atoms with E-state index >= 15 is 0 Å². The number of hydrogen-bond acceptors (Lipinski definition) is 6. The molecular formula is C24H21F4N5O2. The molecule has 7 nitrogen and oxygen atoms in total. The standard InChI is InChI=1S/C24H21F4N5O2/c1-3-23(34,24(26,27)28)22-13-33(32-30-22)12-15-4-9-18-19(16-5-7-17(25)8-6-16)11-20(14(2)31-35)29-21(18)10-15/h4-11,13,34-35H,3,12H2,1-2H3/b31-14+. The van der Waals surface area contributed by atoms with E-state index in [4.69, 9.17) is 0 Å². The minimum absolute atomic E-state index is 0.0749. The summed E-state index contributed by atoms with van der Waals surface area (Å²) < 4.78 is 54.7. The second-order valence-electron chi connectivity index (χ2n) is 8.11. The minimum atomic E-state index is -4.89. The highest BCUT2D eigenvalue weighted by Crippen LogP contribution is 2.40. The molecule has 11 heteroatoms. The Balaban J connectivity index is 1.75. The topological polar surface area (TPSA) is 96.4 Å². The number of halogens is 4. The highest BCUT2D eigenvalue weighted by Gasteiger charge is 2.55. The van der Waals surface area contributed by atoms with Crippen LogP contribution in [0.2, 0.25) is 0 Å². The zero-order valence-electron chi connectivity index (χ0n) is 18.8. The van der Waals surface area contributed by atoms with Crippen LogP contribution in [0.25, 0.3) is 22.0 Å². The van der Waals surface area contributed by atoms with Crippen molar-refractivity contribution >= 4 is 16.6 Å². The summed E-state index contributed by atoms with van der Waals surface area (Å²) in [6.45, 7) is 2.87. The van der Waals surface area contributed by atoms with Crippen LogP contribution in [0.3, 0.4) is 0 Å². The van der Waals surface area contributed by atoms with Gasteiger partial charge in [-0.05, 0) is 54.3 Å². The molecular weight excluding hydrogens is 466 g/mol. The molecule has 0 bridgehead atoms. The number of alkyl halides is 3. The maximum atomic E-state index is 13.4. The summed E-state index contributed by atoms with van der Waals surface area (Å²) in [4.78, 5) is 4.54. The smallest absolute Gasteiger partial charge is 0.411 e. The number of rotatable bonds is 6. The van der Waals surface area contributed by atoms with Crippen LogP contribution in [0, 0.1) is 5.82 Å². The lowest BCUT2D eigenvalue weighted by Gasteiger charge is -2.26. The van der Waals surface area contributed by atoms with E-state index in [2.05, 4.69) is 20.5 Å². The van der Waals surface area contributed by atoms with Gasteiger partial charge in [-0.25, -0.2) is 14.1 Å². The predicted molar refractivity (Wildman–Crippen MR) is 121 cm³/mol. The van der Waals surface area contributed by atoms with Gasteiger partial charge >= 0.3 is 6.18 Å². The van der Waals surface area contributed by atoms with Gasteiger partial charge in [0.05, 0.1) is 24.0 Å². The number of aromatic nitrogens is 4. The highest BCUT2D eigenvalue weighted by molar-refractivity contribution is 6.03. The molecule has 0 aliphatic heterocycles. The van der Waals surface area contributed by atoms with E-state index in [1.807, 2.05) is 0 Å². The number of aliphatic hydroxyl groups is 1. The molecule has 2 heterocycles. The third kappa shape index (κ3) is 4.59. The van der Waals surface area contributed by atoms with Gasteiger partial charge in [-0.2, -0.15) is 13.2 Å². The fourth-order valence-electron chi connectivity index (χ4n) is 3.76. The van der Waals surface area contributed by atoms with Crippen molar-refractivity contribution in [2.45, 2.75) is 38.6 Å². The van der Waals surface area contributed by atoms with Crippen molar-refractivity contribution in [3.63, 3.8) is 0 Å². The summed E-state index contributed by atoms with van der Waals surface area (Å²) in [5.74, 6) is -0.379. The fourth-order valence-corrected chi connectivity index (χ4v) is 3.76. The molecule has 1 unspecified atom stereocenters. The van der Waals surface area contributed by atoms with Crippen molar-refractivity contribution < 1.29 is 27.9 Å². The number of fused-ring (bicyclic) bond motifs is 1. The van der Waals surface area contributed by atoms with Gasteiger partial charge in [0.1, 0.15) is 17.2 Å². The first-order valence-electron chi connectivity index (χ1n) is 10.6. The van der Waals surface area contributed by atoms with E-state index < -0.39 is 23.9 Å². The van der Waals surface area contributed by atoms with E-state index in [-0.39, 0.29) is 18.1 Å². The molecule has 0 radical (unpaired) electrons. The number of hydrogen-bond donors (Lipinski definition) is 2. The van der Waals surface area contributed by atoms with Crippen LogP contribution in [0.1, 0.15) is 37.2 Å². The van der Waals surface area contributed by atoms with Crippen LogP contribution >= 0.6 is 0 Å². The molecule has 0 aliphatic rings. The molecule has 4 rings (SSSR count). The average molecular weight is 487 g/mol. The lowest BCUT2D eigenvalue weighted by Crippen LogP contribution is -2.42. The van der Waals surface area contributed by atoms with Gasteiger partial charge in [0.2, 0.25) is 5.60 Å². The van der Waals surface area contributed by atoms with Crippen LogP contribution in [0.5, 0.6) is 0 Å². The van der Waals surface area contributed by atoms with Gasteiger partial charge in [0.25, 0.3) is 0 Å². The molecule has 1 atom stereocenters. The summed E-state index contributed by atoms with van der Waals surface area (Å²) in [5, 5.41) is 30.6. The molecule has 0 spiro atoms. The lowest BCUT2D eigenvalue weighted by atomic mass is 9.96. The number of nitrogens with zero attached hydrogens (tertiary/aromatic N) is 5. The molecule has 2 N–H and O–H groups in total. The van der Waals surface area contributed by atoms with E-state index in [1.54, 1.807) is 43.3 Å². The van der Waals surface area contributed by atoms with E-state index in [0.29, 0.717) is 16.8 Å². The second kappa shape index (κ2) is 9.06. The van der Waals surface area contributed by atoms with Crippen molar-refractivity contribution in [1.82, 2.24) is 20.0 Å². The fraction of sp³-hybridized carbons (Fsp3) is 0.250. The van der Waals surface area contributed by atoms with E-state index in [0.717, 1.165) is 22.7 Å². The van der Waals surface area contributed by atoms with E-state index in [9.17, 15) is 27.9 Å². The zero-order chi connectivity index (χ0) is 25.4. The van der Waals surface area contributed by atoms with Crippen molar-refractivity contribution in [3.8, 4) is 11.1 Å². The Morgan fingerprint density at radius 1 is 1.09 bits per heavy atom. The average Bonchev–Trinajstić information content (AvgIpc) is 3.30. The Bertz CT molecular complexity index is 1400. The third-order valence-electron chi connectivity index (χ3n) is 5.84. The molecule has 35 heavy (non-hydrogen) atoms. The lowest BCUT2D eigenvalue weighted by molar-refractivity contribution is -0.269. The molecule has 0 fully saturated rings. The quantitative estimate of drug-likeness (QED) is 0.172. The molecule has 0 amide bonds. The molecule has 0 saturated heterocycles. The summed E-state index contributed by atoms with van der Waals surface area (Å²) in [6.07, 6.45) is -4.43. The molecule has 0 aliphatic carbocycles. The van der Waals surface area contributed by atoms with Crippen LogP contribution in [-0.2, 0) is 12.1 Å². The van der Waals surface area contributed by atoms with Crippen LogP contribution in [0.4, 0.5) is 17.6 Å². The Hall–Kier alpha value is -3.86. The van der Waals surface area contributed by atoms with Crippen LogP contribution in [0.15, 0.2) is 59.9 Å². The van der Waals surface area contributed by atoms with Gasteiger partial charge in [-0.3, -0.25) is 0 Å². The zero-order valence-corrected chi connectivity index (χ0v) is 18.8. The van der Waals surface area contributed by atoms with Crippen molar-refractivity contribution in [2.75, 3.05) is 0 Å². The molecule has 0 saturated carbocycles. The summed E-state index contributed by atoms with van der Waals surface area (Å²) in [6, 6.07) is 12.9. The maximum Gasteiger partial charge on any atom is 0.423 e. The van der Waals surface area contributed by atoms with E-state index in [1.165, 1.54) is 23.7 Å². The molecule has 182 valence electrons. The van der Waals surface area contributed by atoms with Gasteiger partial charge in [0, 0.05) is 5.39 Å². The number of pyridine rings is 1. The first-order chi connectivity index (χ1) is 16.6. The highest BCUT2D eigenvalue weighted by atomic mass is 19.4. The number of oxime groups is 1. The van der Waals surface area contributed by atoms with Gasteiger partial charge in [-0.15, -0.1) is 5.10 Å². The molecule has 2 aromatic carbocycles. The summed E-state index contributed by atoms with van der Waals surface area (Å²) in [7, 11) is 0. The Kier molecular flexibility index (Phi) is 6.28. The normalized spacial score (nSPS) is 14.3. The van der Waals surface area contributed by atoms with Crippen LogP contribution < -0.4 is 0 Å². The first-order valence-corrected chi connectivity index (χ1v) is 10.6.